The minimum absolute atomic E-state index is 0.0850. The lowest BCUT2D eigenvalue weighted by atomic mass is 10.2. The van der Waals surface area contributed by atoms with Gasteiger partial charge >= 0.3 is 5.91 Å². The first-order valence-corrected chi connectivity index (χ1v) is 8.69. The van der Waals surface area contributed by atoms with Gasteiger partial charge in [0, 0.05) is 19.6 Å². The molecule has 2 heterocycles. The number of carbonyl (C=O) groups is 2. The van der Waals surface area contributed by atoms with Crippen molar-refractivity contribution >= 4 is 23.6 Å². The molecule has 0 radical (unpaired) electrons. The molecule has 2 aromatic rings. The number of hydrogen-bond donors (Lipinski definition) is 2. The molecule has 0 atom stereocenters. The van der Waals surface area contributed by atoms with Gasteiger partial charge in [0.05, 0.1) is 18.6 Å². The van der Waals surface area contributed by atoms with Crippen molar-refractivity contribution in [1.82, 2.24) is 25.6 Å². The first-order valence-electron chi connectivity index (χ1n) is 7.70. The number of hydrogen-bond acceptors (Lipinski definition) is 7. The van der Waals surface area contributed by atoms with E-state index in [1.165, 1.54) is 24.1 Å². The van der Waals surface area contributed by atoms with Crippen molar-refractivity contribution < 1.29 is 18.7 Å². The monoisotopic (exact) mass is 367 g/mol. The summed E-state index contributed by atoms with van der Waals surface area (Å²) in [5.74, 6) is 0.368. The van der Waals surface area contributed by atoms with E-state index in [-0.39, 0.29) is 23.3 Å². The normalized spacial score (nSPS) is 10.9. The van der Waals surface area contributed by atoms with Crippen LogP contribution in [0.1, 0.15) is 36.1 Å². The van der Waals surface area contributed by atoms with Gasteiger partial charge in [-0.1, -0.05) is 25.6 Å². The van der Waals surface area contributed by atoms with E-state index in [9.17, 15) is 9.59 Å². The molecule has 0 aliphatic carbocycles. The van der Waals surface area contributed by atoms with Crippen LogP contribution in [-0.2, 0) is 16.1 Å². The standard InChI is InChI=1S/C15H21N5O4S/c1-10(2)13-17-19-15(20(13)6-8-23-3)25-9-12(21)16-18-14(22)11-5-4-7-24-11/h4-5,7,10H,6,8-9H2,1-3H3,(H,16,21)(H,18,22). The van der Waals surface area contributed by atoms with Gasteiger partial charge in [0.1, 0.15) is 5.82 Å². The second kappa shape index (κ2) is 9.23. The van der Waals surface area contributed by atoms with Crippen LogP contribution in [-0.4, -0.2) is 46.0 Å². The number of aromatic nitrogens is 3. The number of furan rings is 1. The second-order valence-corrected chi connectivity index (χ2v) is 6.35. The number of rotatable bonds is 8. The Morgan fingerprint density at radius 2 is 2.16 bits per heavy atom. The van der Waals surface area contributed by atoms with Gasteiger partial charge in [-0.2, -0.15) is 0 Å². The smallest absolute Gasteiger partial charge is 0.305 e. The molecule has 0 bridgehead atoms. The molecular weight excluding hydrogens is 346 g/mol. The molecule has 0 unspecified atom stereocenters. The van der Waals surface area contributed by atoms with Crippen LogP contribution in [0.5, 0.6) is 0 Å². The molecule has 2 rings (SSSR count). The molecule has 0 fully saturated rings. The molecule has 2 aromatic heterocycles. The molecule has 2 N–H and O–H groups in total. The zero-order valence-electron chi connectivity index (χ0n) is 14.3. The van der Waals surface area contributed by atoms with Gasteiger partial charge in [-0.3, -0.25) is 20.4 Å². The molecule has 0 aromatic carbocycles. The summed E-state index contributed by atoms with van der Waals surface area (Å²) in [7, 11) is 1.63. The molecule has 2 amide bonds. The summed E-state index contributed by atoms with van der Waals surface area (Å²) in [5.41, 5.74) is 4.62. The Morgan fingerprint density at radius 3 is 2.80 bits per heavy atom. The number of thioether (sulfide) groups is 1. The van der Waals surface area contributed by atoms with E-state index in [4.69, 9.17) is 9.15 Å². The maximum atomic E-state index is 11.9. The first kappa shape index (κ1) is 19.0. The second-order valence-electron chi connectivity index (χ2n) is 5.41. The average molecular weight is 367 g/mol. The number of nitrogens with zero attached hydrogens (tertiary/aromatic N) is 3. The van der Waals surface area contributed by atoms with Crippen LogP contribution in [0.25, 0.3) is 0 Å². The van der Waals surface area contributed by atoms with Gasteiger partial charge in [0.15, 0.2) is 10.9 Å². The summed E-state index contributed by atoms with van der Waals surface area (Å²) in [5, 5.41) is 8.95. The number of ether oxygens (including phenoxy) is 1. The van der Waals surface area contributed by atoms with Crippen molar-refractivity contribution in [3.63, 3.8) is 0 Å². The number of carbonyl (C=O) groups excluding carboxylic acids is 2. The Labute approximate surface area is 149 Å². The zero-order valence-corrected chi connectivity index (χ0v) is 15.1. The van der Waals surface area contributed by atoms with E-state index in [1.807, 2.05) is 18.4 Å². The molecule has 136 valence electrons. The number of methoxy groups -OCH3 is 1. The largest absolute Gasteiger partial charge is 0.459 e. The Morgan fingerprint density at radius 1 is 1.36 bits per heavy atom. The Bertz CT molecular complexity index is 699. The maximum absolute atomic E-state index is 11.9. The molecule has 0 aliphatic rings. The molecule has 0 aliphatic heterocycles. The van der Waals surface area contributed by atoms with Gasteiger partial charge < -0.3 is 13.7 Å². The first-order chi connectivity index (χ1) is 12.0. The minimum Gasteiger partial charge on any atom is -0.459 e. The fraction of sp³-hybridized carbons (Fsp3) is 0.467. The van der Waals surface area contributed by atoms with E-state index >= 15 is 0 Å². The lowest BCUT2D eigenvalue weighted by molar-refractivity contribution is -0.119. The summed E-state index contributed by atoms with van der Waals surface area (Å²) in [6, 6.07) is 3.09. The highest BCUT2D eigenvalue weighted by molar-refractivity contribution is 7.99. The number of hydrazine groups is 1. The quantitative estimate of drug-likeness (QED) is 0.532. The zero-order chi connectivity index (χ0) is 18.2. The van der Waals surface area contributed by atoms with Crippen molar-refractivity contribution in [2.75, 3.05) is 19.5 Å². The fourth-order valence-electron chi connectivity index (χ4n) is 1.99. The fourth-order valence-corrected chi connectivity index (χ4v) is 2.76. The highest BCUT2D eigenvalue weighted by Gasteiger charge is 2.16. The molecule has 0 saturated carbocycles. The van der Waals surface area contributed by atoms with Gasteiger partial charge in [0.25, 0.3) is 0 Å². The van der Waals surface area contributed by atoms with Crippen molar-refractivity contribution in [3.8, 4) is 0 Å². The average Bonchev–Trinajstić information content (AvgIpc) is 3.25. The summed E-state index contributed by atoms with van der Waals surface area (Å²) in [6.45, 7) is 5.18. The molecular formula is C15H21N5O4S. The summed E-state index contributed by atoms with van der Waals surface area (Å²) < 4.78 is 12.0. The molecule has 0 spiro atoms. The molecule has 25 heavy (non-hydrogen) atoms. The third-order valence-corrected chi connectivity index (χ3v) is 4.14. The highest BCUT2D eigenvalue weighted by Crippen LogP contribution is 2.21. The van der Waals surface area contributed by atoms with Gasteiger partial charge in [-0.25, -0.2) is 0 Å². The van der Waals surface area contributed by atoms with E-state index < -0.39 is 5.91 Å². The van der Waals surface area contributed by atoms with E-state index in [0.29, 0.717) is 18.3 Å². The number of amides is 2. The number of nitrogens with one attached hydrogen (secondary N) is 2. The van der Waals surface area contributed by atoms with E-state index in [1.54, 1.807) is 13.2 Å². The van der Waals surface area contributed by atoms with Crippen LogP contribution < -0.4 is 10.9 Å². The molecule has 0 saturated heterocycles. The molecule has 9 nitrogen and oxygen atoms in total. The van der Waals surface area contributed by atoms with E-state index in [2.05, 4.69) is 21.0 Å². The predicted octanol–water partition coefficient (Wildman–Crippen LogP) is 1.19. The minimum atomic E-state index is -0.520. The Balaban J connectivity index is 1.87. The third kappa shape index (κ3) is 5.33. The lowest BCUT2D eigenvalue weighted by Gasteiger charge is -2.11. The van der Waals surface area contributed by atoms with Gasteiger partial charge in [0.2, 0.25) is 5.91 Å². The lowest BCUT2D eigenvalue weighted by Crippen LogP contribution is -2.42. The SMILES string of the molecule is COCCn1c(SCC(=O)NNC(=O)c2ccco2)nnc1C(C)C. The van der Waals surface area contributed by atoms with Crippen LogP contribution in [0.4, 0.5) is 0 Å². The summed E-state index contributed by atoms with van der Waals surface area (Å²) in [6.07, 6.45) is 1.38. The van der Waals surface area contributed by atoms with Gasteiger partial charge in [-0.05, 0) is 12.1 Å². The van der Waals surface area contributed by atoms with Crippen LogP contribution in [0.2, 0.25) is 0 Å². The van der Waals surface area contributed by atoms with E-state index in [0.717, 1.165) is 5.82 Å². The van der Waals surface area contributed by atoms with Crippen LogP contribution in [0, 0.1) is 0 Å². The summed E-state index contributed by atoms with van der Waals surface area (Å²) >= 11 is 1.24. The van der Waals surface area contributed by atoms with Crippen LogP contribution in [0.15, 0.2) is 28.0 Å². The summed E-state index contributed by atoms with van der Waals surface area (Å²) in [4.78, 5) is 23.6. The van der Waals surface area contributed by atoms with Gasteiger partial charge in [-0.15, -0.1) is 10.2 Å². The van der Waals surface area contributed by atoms with Crippen LogP contribution in [0.3, 0.4) is 0 Å². The van der Waals surface area contributed by atoms with Crippen molar-refractivity contribution in [1.29, 1.82) is 0 Å². The molecule has 10 heteroatoms. The maximum Gasteiger partial charge on any atom is 0.305 e. The predicted molar refractivity (Wildman–Crippen MR) is 91.0 cm³/mol. The topological polar surface area (TPSA) is 111 Å². The Kier molecular flexibility index (Phi) is 7.02. The Hall–Kier alpha value is -2.33. The van der Waals surface area contributed by atoms with Crippen molar-refractivity contribution in [2.45, 2.75) is 31.5 Å². The van der Waals surface area contributed by atoms with Crippen molar-refractivity contribution in [3.05, 3.63) is 30.0 Å². The van der Waals surface area contributed by atoms with Crippen molar-refractivity contribution in [2.24, 2.45) is 0 Å². The van der Waals surface area contributed by atoms with Crippen LogP contribution >= 0.6 is 11.8 Å². The highest BCUT2D eigenvalue weighted by atomic mass is 32.2. The third-order valence-electron chi connectivity index (χ3n) is 3.17.